The molecule has 0 saturated heterocycles. The Morgan fingerprint density at radius 2 is 1.64 bits per heavy atom. The molecule has 6 nitrogen and oxygen atoms in total. The molecular weight excluding hydrogens is 304 g/mol. The minimum atomic E-state index is -0.428. The summed E-state index contributed by atoms with van der Waals surface area (Å²) < 4.78 is 0. The van der Waals surface area contributed by atoms with Crippen LogP contribution in [0, 0.1) is 20.2 Å². The van der Waals surface area contributed by atoms with Gasteiger partial charge in [-0.3, -0.25) is 20.2 Å². The highest BCUT2D eigenvalue weighted by Crippen LogP contribution is 2.32. The van der Waals surface area contributed by atoms with E-state index in [0.717, 1.165) is 11.1 Å². The SMILES string of the molecule is C[C@@H](SCc1ccc([N+](=O)[O-])cc1)c1cccc([N+](=O)[O-])c1. The molecule has 0 spiro atoms. The van der Waals surface area contributed by atoms with Crippen molar-refractivity contribution in [1.29, 1.82) is 0 Å². The van der Waals surface area contributed by atoms with Crippen LogP contribution in [0.2, 0.25) is 0 Å². The first-order valence-electron chi connectivity index (χ1n) is 6.56. The van der Waals surface area contributed by atoms with Gasteiger partial charge in [-0.1, -0.05) is 24.3 Å². The normalized spacial score (nSPS) is 11.9. The molecular formula is C15H14N2O4S. The lowest BCUT2D eigenvalue weighted by Gasteiger charge is -2.11. The predicted octanol–water partition coefficient (Wildman–Crippen LogP) is 4.50. The Balaban J connectivity index is 2.00. The third kappa shape index (κ3) is 4.05. The van der Waals surface area contributed by atoms with Crippen molar-refractivity contribution in [1.82, 2.24) is 0 Å². The molecule has 0 N–H and O–H groups in total. The van der Waals surface area contributed by atoms with E-state index in [2.05, 4.69) is 0 Å². The lowest BCUT2D eigenvalue weighted by Crippen LogP contribution is -1.93. The van der Waals surface area contributed by atoms with Crippen LogP contribution in [0.25, 0.3) is 0 Å². The molecule has 0 radical (unpaired) electrons. The van der Waals surface area contributed by atoms with Crippen molar-refractivity contribution in [3.8, 4) is 0 Å². The van der Waals surface area contributed by atoms with Gasteiger partial charge in [-0.15, -0.1) is 11.8 Å². The van der Waals surface area contributed by atoms with Gasteiger partial charge in [-0.25, -0.2) is 0 Å². The summed E-state index contributed by atoms with van der Waals surface area (Å²) in [6.45, 7) is 1.98. The molecule has 0 aromatic heterocycles. The van der Waals surface area contributed by atoms with E-state index in [-0.39, 0.29) is 16.6 Å². The first-order chi connectivity index (χ1) is 10.5. The van der Waals surface area contributed by atoms with Crippen LogP contribution in [-0.2, 0) is 5.75 Å². The van der Waals surface area contributed by atoms with Crippen LogP contribution >= 0.6 is 11.8 Å². The fourth-order valence-electron chi connectivity index (χ4n) is 1.92. The van der Waals surface area contributed by atoms with E-state index >= 15 is 0 Å². The van der Waals surface area contributed by atoms with E-state index in [1.807, 2.05) is 13.0 Å². The van der Waals surface area contributed by atoms with E-state index in [0.29, 0.717) is 5.75 Å². The summed E-state index contributed by atoms with van der Waals surface area (Å²) in [5.41, 5.74) is 2.02. The molecule has 2 rings (SSSR count). The van der Waals surface area contributed by atoms with Crippen molar-refractivity contribution in [2.24, 2.45) is 0 Å². The largest absolute Gasteiger partial charge is 0.269 e. The lowest BCUT2D eigenvalue weighted by atomic mass is 10.1. The molecule has 0 unspecified atom stereocenters. The number of thioether (sulfide) groups is 1. The summed E-state index contributed by atoms with van der Waals surface area (Å²) >= 11 is 1.62. The van der Waals surface area contributed by atoms with Crippen LogP contribution in [0.3, 0.4) is 0 Å². The Bertz CT molecular complexity index is 688. The Labute approximate surface area is 131 Å². The summed E-state index contributed by atoms with van der Waals surface area (Å²) in [5.74, 6) is 0.682. The van der Waals surface area contributed by atoms with Gasteiger partial charge in [0.05, 0.1) is 9.85 Å². The van der Waals surface area contributed by atoms with Crippen LogP contribution < -0.4 is 0 Å². The monoisotopic (exact) mass is 318 g/mol. The van der Waals surface area contributed by atoms with Crippen molar-refractivity contribution < 1.29 is 9.85 Å². The maximum absolute atomic E-state index is 10.8. The van der Waals surface area contributed by atoms with E-state index in [1.54, 1.807) is 36.0 Å². The molecule has 7 heteroatoms. The van der Waals surface area contributed by atoms with Crippen LogP contribution in [0.1, 0.15) is 23.3 Å². The molecule has 22 heavy (non-hydrogen) atoms. The van der Waals surface area contributed by atoms with Crippen molar-refractivity contribution >= 4 is 23.1 Å². The molecule has 0 aliphatic carbocycles. The molecule has 0 saturated carbocycles. The van der Waals surface area contributed by atoms with Crippen LogP contribution in [0.4, 0.5) is 11.4 Å². The molecule has 2 aromatic carbocycles. The zero-order valence-electron chi connectivity index (χ0n) is 11.8. The average molecular weight is 318 g/mol. The number of nitro benzene ring substituents is 2. The van der Waals surface area contributed by atoms with Crippen molar-refractivity contribution in [2.75, 3.05) is 0 Å². The van der Waals surface area contributed by atoms with Gasteiger partial charge in [0, 0.05) is 35.3 Å². The number of benzene rings is 2. The second-order valence-corrected chi connectivity index (χ2v) is 6.06. The summed E-state index contributed by atoms with van der Waals surface area (Å²) in [6, 6.07) is 13.0. The second-order valence-electron chi connectivity index (χ2n) is 4.73. The van der Waals surface area contributed by atoms with Gasteiger partial charge in [0.15, 0.2) is 0 Å². The fourth-order valence-corrected chi connectivity index (χ4v) is 2.90. The van der Waals surface area contributed by atoms with Crippen LogP contribution in [0.5, 0.6) is 0 Å². The van der Waals surface area contributed by atoms with Gasteiger partial charge < -0.3 is 0 Å². The molecule has 114 valence electrons. The highest BCUT2D eigenvalue weighted by atomic mass is 32.2. The van der Waals surface area contributed by atoms with Crippen molar-refractivity contribution in [3.63, 3.8) is 0 Å². The van der Waals surface area contributed by atoms with Crippen molar-refractivity contribution in [3.05, 3.63) is 79.9 Å². The summed E-state index contributed by atoms with van der Waals surface area (Å²) in [5, 5.41) is 21.5. The van der Waals surface area contributed by atoms with E-state index in [4.69, 9.17) is 0 Å². The minimum absolute atomic E-state index is 0.0699. The Hall–Kier alpha value is -2.41. The highest BCUT2D eigenvalue weighted by Gasteiger charge is 2.12. The predicted molar refractivity (Wildman–Crippen MR) is 85.9 cm³/mol. The Kier molecular flexibility index (Phi) is 5.11. The molecule has 0 amide bonds. The summed E-state index contributed by atoms with van der Waals surface area (Å²) in [6.07, 6.45) is 0. The molecule has 0 heterocycles. The van der Waals surface area contributed by atoms with Gasteiger partial charge in [0.1, 0.15) is 0 Å². The molecule has 0 aliphatic heterocycles. The third-order valence-electron chi connectivity index (χ3n) is 3.20. The quantitative estimate of drug-likeness (QED) is 0.578. The van der Waals surface area contributed by atoms with Crippen molar-refractivity contribution in [2.45, 2.75) is 17.9 Å². The number of nitro groups is 2. The summed E-state index contributed by atoms with van der Waals surface area (Å²) in [4.78, 5) is 20.5. The highest BCUT2D eigenvalue weighted by molar-refractivity contribution is 7.98. The molecule has 1 atom stereocenters. The first kappa shape index (κ1) is 16.0. The number of nitrogens with zero attached hydrogens (tertiary/aromatic N) is 2. The van der Waals surface area contributed by atoms with Gasteiger partial charge in [0.2, 0.25) is 0 Å². The first-order valence-corrected chi connectivity index (χ1v) is 7.61. The Morgan fingerprint density at radius 1 is 1.00 bits per heavy atom. The molecule has 0 fully saturated rings. The fraction of sp³-hybridized carbons (Fsp3) is 0.200. The maximum Gasteiger partial charge on any atom is 0.269 e. The van der Waals surface area contributed by atoms with E-state index < -0.39 is 9.85 Å². The van der Waals surface area contributed by atoms with Gasteiger partial charge in [0.25, 0.3) is 11.4 Å². The Morgan fingerprint density at radius 3 is 2.23 bits per heavy atom. The average Bonchev–Trinajstić information content (AvgIpc) is 2.53. The third-order valence-corrected chi connectivity index (χ3v) is 4.47. The zero-order valence-corrected chi connectivity index (χ0v) is 12.7. The lowest BCUT2D eigenvalue weighted by molar-refractivity contribution is -0.385. The number of hydrogen-bond donors (Lipinski definition) is 0. The second kappa shape index (κ2) is 7.04. The van der Waals surface area contributed by atoms with Gasteiger partial charge in [-0.05, 0) is 18.1 Å². The molecule has 0 aliphatic rings. The van der Waals surface area contributed by atoms with Gasteiger partial charge >= 0.3 is 0 Å². The number of rotatable bonds is 6. The molecule has 0 bridgehead atoms. The van der Waals surface area contributed by atoms with E-state index in [1.165, 1.54) is 18.2 Å². The zero-order chi connectivity index (χ0) is 16.1. The standard InChI is InChI=1S/C15H14N2O4S/c1-11(13-3-2-4-15(9-13)17(20)21)22-10-12-5-7-14(8-6-12)16(18)19/h2-9,11H,10H2,1H3/t11-/m1/s1. The maximum atomic E-state index is 10.8. The number of hydrogen-bond acceptors (Lipinski definition) is 5. The smallest absolute Gasteiger partial charge is 0.258 e. The molecule has 2 aromatic rings. The number of non-ortho nitro benzene ring substituents is 2. The van der Waals surface area contributed by atoms with Crippen LogP contribution in [0.15, 0.2) is 48.5 Å². The van der Waals surface area contributed by atoms with Crippen LogP contribution in [-0.4, -0.2) is 9.85 Å². The van der Waals surface area contributed by atoms with Gasteiger partial charge in [-0.2, -0.15) is 0 Å². The topological polar surface area (TPSA) is 86.3 Å². The summed E-state index contributed by atoms with van der Waals surface area (Å²) in [7, 11) is 0. The minimum Gasteiger partial charge on any atom is -0.258 e. The van der Waals surface area contributed by atoms with E-state index in [9.17, 15) is 20.2 Å².